The van der Waals surface area contributed by atoms with E-state index in [9.17, 15) is 9.59 Å². The van der Waals surface area contributed by atoms with Crippen LogP contribution in [0, 0.1) is 11.8 Å². The third-order valence-corrected chi connectivity index (χ3v) is 4.78. The van der Waals surface area contributed by atoms with Crippen molar-refractivity contribution in [2.45, 2.75) is 34.2 Å². The van der Waals surface area contributed by atoms with Crippen LogP contribution >= 0.6 is 0 Å². The molecule has 5 heteroatoms. The molecule has 1 heterocycles. The Labute approximate surface area is 172 Å². The molecule has 3 rings (SSSR count). The van der Waals surface area contributed by atoms with Crippen LogP contribution in [-0.2, 0) is 11.3 Å². The summed E-state index contributed by atoms with van der Waals surface area (Å²) in [5, 5.41) is 6.88. The largest absolute Gasteiger partial charge is 0.351 e. The van der Waals surface area contributed by atoms with E-state index >= 15 is 0 Å². The Bertz CT molecular complexity index is 1000. The molecule has 0 saturated carbocycles. The fraction of sp³-hybridized carbons (Fsp3) is 0.333. The molecule has 0 atom stereocenters. The number of carbonyl (C=O) groups excluding carboxylic acids is 2. The van der Waals surface area contributed by atoms with Gasteiger partial charge in [-0.15, -0.1) is 0 Å². The molecule has 29 heavy (non-hydrogen) atoms. The molecule has 0 radical (unpaired) electrons. The van der Waals surface area contributed by atoms with Gasteiger partial charge in [-0.25, -0.2) is 0 Å². The van der Waals surface area contributed by atoms with E-state index in [1.807, 2.05) is 60.9 Å². The summed E-state index contributed by atoms with van der Waals surface area (Å²) >= 11 is 0. The van der Waals surface area contributed by atoms with Crippen molar-refractivity contribution in [1.82, 2.24) is 9.88 Å². The van der Waals surface area contributed by atoms with E-state index in [1.165, 1.54) is 0 Å². The first-order chi connectivity index (χ1) is 13.8. The number of nitrogens with one attached hydrogen (secondary N) is 2. The van der Waals surface area contributed by atoms with Crippen molar-refractivity contribution in [1.29, 1.82) is 0 Å². The van der Waals surface area contributed by atoms with Crippen molar-refractivity contribution in [3.8, 4) is 0 Å². The number of anilines is 1. The topological polar surface area (TPSA) is 63.1 Å². The van der Waals surface area contributed by atoms with E-state index in [-0.39, 0.29) is 17.7 Å². The first kappa shape index (κ1) is 20.6. The molecule has 0 unspecified atom stereocenters. The van der Waals surface area contributed by atoms with Crippen LogP contribution in [0.15, 0.2) is 54.6 Å². The number of hydrogen-bond acceptors (Lipinski definition) is 2. The highest BCUT2D eigenvalue weighted by Crippen LogP contribution is 2.25. The molecule has 2 amide bonds. The number of nitrogens with zero attached hydrogens (tertiary/aromatic N) is 1. The standard InChI is InChI=1S/C24H29N3O2/c1-16(2)14-25-24(29)22-13-19-12-20(26-23(28)17(3)4)10-11-21(19)27(22)15-18-8-6-5-7-9-18/h5-13,16-17H,14-15H2,1-4H3,(H,25,29)(H,26,28). The zero-order valence-electron chi connectivity index (χ0n) is 17.5. The highest BCUT2D eigenvalue weighted by atomic mass is 16.2. The number of fused-ring (bicyclic) bond motifs is 1. The highest BCUT2D eigenvalue weighted by Gasteiger charge is 2.17. The lowest BCUT2D eigenvalue weighted by Gasteiger charge is -2.13. The Morgan fingerprint density at radius 1 is 0.966 bits per heavy atom. The summed E-state index contributed by atoms with van der Waals surface area (Å²) in [5.41, 5.74) is 3.45. The molecule has 3 aromatic rings. The minimum Gasteiger partial charge on any atom is -0.351 e. The van der Waals surface area contributed by atoms with E-state index in [4.69, 9.17) is 0 Å². The van der Waals surface area contributed by atoms with Crippen molar-refractivity contribution in [2.75, 3.05) is 11.9 Å². The second-order valence-corrected chi connectivity index (χ2v) is 8.12. The van der Waals surface area contributed by atoms with Gasteiger partial charge in [0.25, 0.3) is 5.91 Å². The fourth-order valence-corrected chi connectivity index (χ4v) is 3.15. The van der Waals surface area contributed by atoms with Gasteiger partial charge < -0.3 is 15.2 Å². The second-order valence-electron chi connectivity index (χ2n) is 8.12. The van der Waals surface area contributed by atoms with Crippen LogP contribution in [0.2, 0.25) is 0 Å². The van der Waals surface area contributed by atoms with E-state index in [0.29, 0.717) is 24.7 Å². The molecule has 0 saturated heterocycles. The zero-order chi connectivity index (χ0) is 21.0. The molecular weight excluding hydrogens is 362 g/mol. The Hall–Kier alpha value is -3.08. The average Bonchev–Trinajstić information content (AvgIpc) is 3.04. The zero-order valence-corrected chi connectivity index (χ0v) is 17.5. The Morgan fingerprint density at radius 3 is 2.34 bits per heavy atom. The monoisotopic (exact) mass is 391 g/mol. The van der Waals surface area contributed by atoms with Crippen LogP contribution in [0.25, 0.3) is 10.9 Å². The molecule has 0 aliphatic rings. The SMILES string of the molecule is CC(C)CNC(=O)c1cc2cc(NC(=O)C(C)C)ccc2n1Cc1ccccc1. The number of rotatable bonds is 7. The third-order valence-electron chi connectivity index (χ3n) is 4.78. The van der Waals surface area contributed by atoms with E-state index in [2.05, 4.69) is 36.6 Å². The van der Waals surface area contributed by atoms with Crippen LogP contribution in [0.1, 0.15) is 43.7 Å². The predicted molar refractivity (Wildman–Crippen MR) is 118 cm³/mol. The maximum Gasteiger partial charge on any atom is 0.267 e. The number of aromatic nitrogens is 1. The van der Waals surface area contributed by atoms with Gasteiger partial charge >= 0.3 is 0 Å². The van der Waals surface area contributed by atoms with E-state index in [0.717, 1.165) is 22.2 Å². The van der Waals surface area contributed by atoms with Crippen LogP contribution < -0.4 is 10.6 Å². The molecule has 0 bridgehead atoms. The molecule has 0 fully saturated rings. The van der Waals surface area contributed by atoms with Gasteiger partial charge in [0.2, 0.25) is 5.91 Å². The van der Waals surface area contributed by atoms with Crippen molar-refractivity contribution in [3.05, 3.63) is 65.9 Å². The van der Waals surface area contributed by atoms with Crippen LogP contribution in [0.3, 0.4) is 0 Å². The molecule has 2 N–H and O–H groups in total. The highest BCUT2D eigenvalue weighted by molar-refractivity contribution is 6.00. The molecule has 0 aliphatic carbocycles. The van der Waals surface area contributed by atoms with Crippen LogP contribution in [0.5, 0.6) is 0 Å². The van der Waals surface area contributed by atoms with Crippen molar-refractivity contribution in [3.63, 3.8) is 0 Å². The molecule has 1 aromatic heterocycles. The Balaban J connectivity index is 2.00. The predicted octanol–water partition coefficient (Wildman–Crippen LogP) is 4.67. The minimum atomic E-state index is -0.0919. The fourth-order valence-electron chi connectivity index (χ4n) is 3.15. The van der Waals surface area contributed by atoms with Crippen LogP contribution in [0.4, 0.5) is 5.69 Å². The maximum atomic E-state index is 12.9. The molecule has 0 aliphatic heterocycles. The summed E-state index contributed by atoms with van der Waals surface area (Å²) in [7, 11) is 0. The average molecular weight is 392 g/mol. The molecule has 2 aromatic carbocycles. The summed E-state index contributed by atoms with van der Waals surface area (Å²) in [4.78, 5) is 24.9. The number of hydrogen-bond donors (Lipinski definition) is 2. The summed E-state index contributed by atoms with van der Waals surface area (Å²) in [6.45, 7) is 9.10. The van der Waals surface area contributed by atoms with Gasteiger partial charge in [-0.1, -0.05) is 58.0 Å². The van der Waals surface area contributed by atoms with Crippen molar-refractivity contribution in [2.24, 2.45) is 11.8 Å². The second kappa shape index (κ2) is 8.95. The smallest absolute Gasteiger partial charge is 0.267 e. The summed E-state index contributed by atoms with van der Waals surface area (Å²) in [5.74, 6) is 0.177. The number of amides is 2. The van der Waals surface area contributed by atoms with Gasteiger partial charge in [0.15, 0.2) is 0 Å². The van der Waals surface area contributed by atoms with Gasteiger partial charge in [-0.2, -0.15) is 0 Å². The van der Waals surface area contributed by atoms with Gasteiger partial charge in [0, 0.05) is 35.6 Å². The number of carbonyl (C=O) groups is 2. The molecule has 152 valence electrons. The maximum absolute atomic E-state index is 12.9. The lowest BCUT2D eigenvalue weighted by atomic mass is 10.2. The third kappa shape index (κ3) is 5.05. The summed E-state index contributed by atoms with van der Waals surface area (Å²) in [6, 6.07) is 17.8. The molecular formula is C24H29N3O2. The van der Waals surface area contributed by atoms with Gasteiger partial charge in [-0.05, 0) is 35.7 Å². The molecule has 0 spiro atoms. The summed E-state index contributed by atoms with van der Waals surface area (Å²) < 4.78 is 2.04. The van der Waals surface area contributed by atoms with Crippen LogP contribution in [-0.4, -0.2) is 22.9 Å². The quantitative estimate of drug-likeness (QED) is 0.615. The molecule has 5 nitrogen and oxygen atoms in total. The Kier molecular flexibility index (Phi) is 6.37. The first-order valence-corrected chi connectivity index (χ1v) is 10.1. The van der Waals surface area contributed by atoms with Gasteiger partial charge in [-0.3, -0.25) is 9.59 Å². The van der Waals surface area contributed by atoms with Crippen molar-refractivity contribution >= 4 is 28.4 Å². The number of benzene rings is 2. The van der Waals surface area contributed by atoms with Gasteiger partial charge in [0.1, 0.15) is 5.69 Å². The normalized spacial score (nSPS) is 11.2. The summed E-state index contributed by atoms with van der Waals surface area (Å²) in [6.07, 6.45) is 0. The Morgan fingerprint density at radius 2 is 1.69 bits per heavy atom. The van der Waals surface area contributed by atoms with E-state index < -0.39 is 0 Å². The first-order valence-electron chi connectivity index (χ1n) is 10.1. The van der Waals surface area contributed by atoms with Crippen molar-refractivity contribution < 1.29 is 9.59 Å². The lowest BCUT2D eigenvalue weighted by Crippen LogP contribution is -2.29. The minimum absolute atomic E-state index is 0.0250. The van der Waals surface area contributed by atoms with Gasteiger partial charge in [0.05, 0.1) is 0 Å². The van der Waals surface area contributed by atoms with E-state index in [1.54, 1.807) is 0 Å². The lowest BCUT2D eigenvalue weighted by molar-refractivity contribution is -0.118.